The third-order valence-corrected chi connectivity index (χ3v) is 4.44. The molecule has 0 aliphatic rings. The lowest BCUT2D eigenvalue weighted by Crippen LogP contribution is -2.21. The van der Waals surface area contributed by atoms with Crippen molar-refractivity contribution in [3.8, 4) is 0 Å². The zero-order valence-electron chi connectivity index (χ0n) is 15.1. The number of hydrogen-bond acceptors (Lipinski definition) is 4. The van der Waals surface area contributed by atoms with Crippen LogP contribution in [0.5, 0.6) is 0 Å². The van der Waals surface area contributed by atoms with Crippen LogP contribution in [0.1, 0.15) is 21.0 Å². The van der Waals surface area contributed by atoms with E-state index in [0.29, 0.717) is 28.0 Å². The number of rotatable bonds is 5. The molecule has 0 radical (unpaired) electrons. The standard InChI is InChI=1S/C20H17N5O4/c21-9-18(26)22-12-1-3-14-10(5-12)7-16(24-14)19(27)23-13-2-4-15-11(6-13)8-17(25-15)20(28)29/h1-8,24-25H,9,21H2,(H,22,26)(H,23,27)(H,28,29). The van der Waals surface area contributed by atoms with E-state index in [1.54, 1.807) is 42.5 Å². The van der Waals surface area contributed by atoms with Gasteiger partial charge in [-0.15, -0.1) is 0 Å². The molecule has 29 heavy (non-hydrogen) atoms. The minimum absolute atomic E-state index is 0.0802. The molecule has 2 aromatic carbocycles. The van der Waals surface area contributed by atoms with Crippen molar-refractivity contribution in [1.82, 2.24) is 9.97 Å². The van der Waals surface area contributed by atoms with E-state index < -0.39 is 5.97 Å². The summed E-state index contributed by atoms with van der Waals surface area (Å²) in [6.45, 7) is -0.113. The van der Waals surface area contributed by atoms with Gasteiger partial charge < -0.3 is 31.4 Å². The van der Waals surface area contributed by atoms with Crippen molar-refractivity contribution < 1.29 is 19.5 Å². The van der Waals surface area contributed by atoms with Crippen LogP contribution in [0.2, 0.25) is 0 Å². The number of aromatic amines is 2. The fourth-order valence-electron chi connectivity index (χ4n) is 3.07. The van der Waals surface area contributed by atoms with Gasteiger partial charge in [-0.05, 0) is 48.5 Å². The number of carbonyl (C=O) groups is 3. The summed E-state index contributed by atoms with van der Waals surface area (Å²) >= 11 is 0. The summed E-state index contributed by atoms with van der Waals surface area (Å²) in [6, 6.07) is 13.5. The number of carboxylic acid groups (broad SMARTS) is 1. The molecule has 4 aromatic rings. The van der Waals surface area contributed by atoms with E-state index >= 15 is 0 Å². The molecule has 146 valence electrons. The van der Waals surface area contributed by atoms with E-state index in [4.69, 9.17) is 10.8 Å². The van der Waals surface area contributed by atoms with Crippen molar-refractivity contribution in [3.63, 3.8) is 0 Å². The molecule has 0 saturated heterocycles. The van der Waals surface area contributed by atoms with Gasteiger partial charge in [0.1, 0.15) is 11.4 Å². The van der Waals surface area contributed by atoms with Crippen LogP contribution in [-0.4, -0.2) is 39.4 Å². The summed E-state index contributed by atoms with van der Waals surface area (Å²) in [4.78, 5) is 40.9. The van der Waals surface area contributed by atoms with Crippen molar-refractivity contribution in [1.29, 1.82) is 0 Å². The smallest absolute Gasteiger partial charge is 0.352 e. The number of nitrogens with two attached hydrogens (primary N) is 1. The summed E-state index contributed by atoms with van der Waals surface area (Å²) in [5.74, 6) is -1.70. The van der Waals surface area contributed by atoms with Gasteiger partial charge in [-0.2, -0.15) is 0 Å². The third-order valence-electron chi connectivity index (χ3n) is 4.44. The Morgan fingerprint density at radius 1 is 0.828 bits per heavy atom. The largest absolute Gasteiger partial charge is 0.477 e. The highest BCUT2D eigenvalue weighted by atomic mass is 16.4. The highest BCUT2D eigenvalue weighted by molar-refractivity contribution is 6.07. The second kappa shape index (κ2) is 7.13. The zero-order chi connectivity index (χ0) is 20.5. The molecule has 0 spiro atoms. The molecule has 0 aliphatic carbocycles. The topological polar surface area (TPSA) is 153 Å². The average molecular weight is 391 g/mol. The van der Waals surface area contributed by atoms with Crippen LogP contribution in [0.15, 0.2) is 48.5 Å². The van der Waals surface area contributed by atoms with E-state index in [9.17, 15) is 14.4 Å². The number of hydrogen-bond donors (Lipinski definition) is 6. The number of nitrogens with one attached hydrogen (secondary N) is 4. The van der Waals surface area contributed by atoms with Gasteiger partial charge in [0.2, 0.25) is 5.91 Å². The van der Waals surface area contributed by atoms with Gasteiger partial charge in [0.15, 0.2) is 0 Å². The average Bonchev–Trinajstić information content (AvgIpc) is 3.31. The molecule has 0 unspecified atom stereocenters. The Bertz CT molecular complexity index is 1270. The summed E-state index contributed by atoms with van der Waals surface area (Å²) < 4.78 is 0. The molecule has 2 heterocycles. The Labute approximate surface area is 163 Å². The lowest BCUT2D eigenvalue weighted by Gasteiger charge is -2.03. The second-order valence-corrected chi connectivity index (χ2v) is 6.48. The second-order valence-electron chi connectivity index (χ2n) is 6.48. The lowest BCUT2D eigenvalue weighted by molar-refractivity contribution is -0.114. The third kappa shape index (κ3) is 3.66. The van der Waals surface area contributed by atoms with Gasteiger partial charge in [-0.1, -0.05) is 0 Å². The Hall–Kier alpha value is -4.11. The first-order valence-electron chi connectivity index (χ1n) is 8.73. The number of aromatic carboxylic acids is 1. The molecule has 0 aliphatic heterocycles. The van der Waals surface area contributed by atoms with E-state index in [1.807, 2.05) is 0 Å². The molecule has 7 N–H and O–H groups in total. The van der Waals surface area contributed by atoms with Gasteiger partial charge >= 0.3 is 5.97 Å². The van der Waals surface area contributed by atoms with Crippen LogP contribution in [0.25, 0.3) is 21.8 Å². The fourth-order valence-corrected chi connectivity index (χ4v) is 3.07. The molecular formula is C20H17N5O4. The maximum atomic E-state index is 12.6. The highest BCUT2D eigenvalue weighted by Crippen LogP contribution is 2.23. The molecule has 2 amide bonds. The van der Waals surface area contributed by atoms with Crippen LogP contribution < -0.4 is 16.4 Å². The Morgan fingerprint density at radius 2 is 1.38 bits per heavy atom. The first-order chi connectivity index (χ1) is 13.9. The molecule has 0 saturated carbocycles. The van der Waals surface area contributed by atoms with Gasteiger partial charge in [0, 0.05) is 33.2 Å². The van der Waals surface area contributed by atoms with Gasteiger partial charge in [-0.25, -0.2) is 4.79 Å². The first-order valence-corrected chi connectivity index (χ1v) is 8.73. The van der Waals surface area contributed by atoms with Gasteiger partial charge in [-0.3, -0.25) is 9.59 Å². The van der Waals surface area contributed by atoms with Crippen LogP contribution in [-0.2, 0) is 4.79 Å². The number of fused-ring (bicyclic) bond motifs is 2. The van der Waals surface area contributed by atoms with Crippen molar-refractivity contribution in [2.45, 2.75) is 0 Å². The monoisotopic (exact) mass is 391 g/mol. The maximum Gasteiger partial charge on any atom is 0.352 e. The molecule has 0 bridgehead atoms. The number of aromatic nitrogens is 2. The van der Waals surface area contributed by atoms with E-state index in [-0.39, 0.29) is 24.1 Å². The minimum Gasteiger partial charge on any atom is -0.477 e. The van der Waals surface area contributed by atoms with Crippen LogP contribution in [0.3, 0.4) is 0 Å². The molecule has 0 fully saturated rings. The Morgan fingerprint density at radius 3 is 1.97 bits per heavy atom. The molecule has 2 aromatic heterocycles. The number of carboxylic acids is 1. The normalized spacial score (nSPS) is 10.9. The summed E-state index contributed by atoms with van der Waals surface area (Å²) in [7, 11) is 0. The summed E-state index contributed by atoms with van der Waals surface area (Å²) in [5.41, 5.74) is 8.26. The van der Waals surface area contributed by atoms with Crippen molar-refractivity contribution in [2.24, 2.45) is 5.73 Å². The number of benzene rings is 2. The van der Waals surface area contributed by atoms with Crippen LogP contribution >= 0.6 is 0 Å². The summed E-state index contributed by atoms with van der Waals surface area (Å²) in [6.07, 6.45) is 0. The van der Waals surface area contributed by atoms with Crippen LogP contribution in [0.4, 0.5) is 11.4 Å². The zero-order valence-corrected chi connectivity index (χ0v) is 15.1. The van der Waals surface area contributed by atoms with Gasteiger partial charge in [0.05, 0.1) is 6.54 Å². The fraction of sp³-hybridized carbons (Fsp3) is 0.0500. The Balaban J connectivity index is 1.56. The predicted octanol–water partition coefficient (Wildman–Crippen LogP) is 2.50. The first kappa shape index (κ1) is 18.3. The SMILES string of the molecule is NCC(=O)Nc1ccc2[nH]c(C(=O)Nc3ccc4[nH]c(C(=O)O)cc4c3)cc2c1. The van der Waals surface area contributed by atoms with E-state index in [2.05, 4.69) is 20.6 Å². The quantitative estimate of drug-likeness (QED) is 0.309. The summed E-state index contributed by atoms with van der Waals surface area (Å²) in [5, 5.41) is 16.0. The van der Waals surface area contributed by atoms with Crippen LogP contribution in [0, 0.1) is 0 Å². The molecule has 9 nitrogen and oxygen atoms in total. The molecular weight excluding hydrogens is 374 g/mol. The molecule has 0 atom stereocenters. The Kier molecular flexibility index (Phi) is 4.49. The maximum absolute atomic E-state index is 12.6. The highest BCUT2D eigenvalue weighted by Gasteiger charge is 2.12. The van der Waals surface area contributed by atoms with E-state index in [0.717, 1.165) is 10.9 Å². The number of anilines is 2. The lowest BCUT2D eigenvalue weighted by atomic mass is 10.2. The number of carbonyl (C=O) groups excluding carboxylic acids is 2. The molecule has 4 rings (SSSR count). The van der Waals surface area contributed by atoms with Gasteiger partial charge in [0.25, 0.3) is 5.91 Å². The minimum atomic E-state index is -1.05. The number of amides is 2. The predicted molar refractivity (Wildman–Crippen MR) is 109 cm³/mol. The van der Waals surface area contributed by atoms with E-state index in [1.165, 1.54) is 6.07 Å². The number of H-pyrrole nitrogens is 2. The van der Waals surface area contributed by atoms with Crippen molar-refractivity contribution in [2.75, 3.05) is 17.2 Å². The van der Waals surface area contributed by atoms with Crippen molar-refractivity contribution in [3.05, 3.63) is 59.9 Å². The van der Waals surface area contributed by atoms with Crippen molar-refractivity contribution >= 4 is 51.0 Å². The molecule has 9 heteroatoms.